The third-order valence-corrected chi connectivity index (χ3v) is 4.57. The number of aliphatic imine (C=N–C) groups is 1. The Labute approximate surface area is 191 Å². The van der Waals surface area contributed by atoms with Crippen LogP contribution in [-0.4, -0.2) is 55.7 Å². The standard InChI is InChI=1S/C24H36N6O2/c1-24(2,3)32-23(31)30(7)17-19-12-10-18(11-13-19)15-27-22(25-4)28-16-20-9-8-14-26-21(20)29(5)6/h8-14H,15-17H2,1-7H3,(H2,25,27,28). The second-order valence-electron chi connectivity index (χ2n) is 8.81. The summed E-state index contributed by atoms with van der Waals surface area (Å²) in [5, 5.41) is 6.66. The van der Waals surface area contributed by atoms with E-state index < -0.39 is 5.60 Å². The van der Waals surface area contributed by atoms with Crippen molar-refractivity contribution in [2.75, 3.05) is 33.1 Å². The van der Waals surface area contributed by atoms with Crippen molar-refractivity contribution < 1.29 is 9.53 Å². The van der Waals surface area contributed by atoms with Crippen molar-refractivity contribution in [1.82, 2.24) is 20.5 Å². The molecule has 1 aromatic carbocycles. The van der Waals surface area contributed by atoms with Gasteiger partial charge in [-0.3, -0.25) is 4.99 Å². The second kappa shape index (κ2) is 11.4. The molecular weight excluding hydrogens is 404 g/mol. The second-order valence-corrected chi connectivity index (χ2v) is 8.81. The fraction of sp³-hybridized carbons (Fsp3) is 0.458. The van der Waals surface area contributed by atoms with Gasteiger partial charge in [0.1, 0.15) is 11.4 Å². The highest BCUT2D eigenvalue weighted by Crippen LogP contribution is 2.14. The first-order valence-electron chi connectivity index (χ1n) is 10.7. The SMILES string of the molecule is CN=C(NCc1ccc(CN(C)C(=O)OC(C)(C)C)cc1)NCc1cccnc1N(C)C. The third kappa shape index (κ3) is 8.09. The fourth-order valence-corrected chi connectivity index (χ4v) is 3.00. The lowest BCUT2D eigenvalue weighted by molar-refractivity contribution is 0.0285. The van der Waals surface area contributed by atoms with E-state index in [0.29, 0.717) is 25.6 Å². The van der Waals surface area contributed by atoms with Gasteiger partial charge in [0.25, 0.3) is 0 Å². The predicted molar refractivity (Wildman–Crippen MR) is 130 cm³/mol. The van der Waals surface area contributed by atoms with Gasteiger partial charge in [0, 0.05) is 59.6 Å². The van der Waals surface area contributed by atoms with Gasteiger partial charge in [0.15, 0.2) is 5.96 Å². The molecule has 0 aliphatic rings. The molecule has 0 aliphatic heterocycles. The quantitative estimate of drug-likeness (QED) is 0.507. The number of carbonyl (C=O) groups is 1. The lowest BCUT2D eigenvalue weighted by atomic mass is 10.1. The average Bonchev–Trinajstić information content (AvgIpc) is 2.73. The molecule has 1 amide bonds. The van der Waals surface area contributed by atoms with E-state index in [1.165, 1.54) is 0 Å². The van der Waals surface area contributed by atoms with Crippen LogP contribution >= 0.6 is 0 Å². The molecule has 174 valence electrons. The number of carbonyl (C=O) groups excluding carboxylic acids is 1. The van der Waals surface area contributed by atoms with Crippen LogP contribution in [0.1, 0.15) is 37.5 Å². The largest absolute Gasteiger partial charge is 0.444 e. The Hall–Kier alpha value is -3.29. The highest BCUT2D eigenvalue weighted by molar-refractivity contribution is 5.79. The van der Waals surface area contributed by atoms with Gasteiger partial charge in [-0.25, -0.2) is 9.78 Å². The summed E-state index contributed by atoms with van der Waals surface area (Å²) in [6.45, 7) is 7.33. The van der Waals surface area contributed by atoms with Crippen LogP contribution in [0.4, 0.5) is 10.6 Å². The van der Waals surface area contributed by atoms with Crippen LogP contribution in [0.25, 0.3) is 0 Å². The Morgan fingerprint density at radius 3 is 2.25 bits per heavy atom. The lowest BCUT2D eigenvalue weighted by Gasteiger charge is -2.24. The molecule has 0 radical (unpaired) electrons. The first-order valence-corrected chi connectivity index (χ1v) is 10.7. The molecule has 32 heavy (non-hydrogen) atoms. The Morgan fingerprint density at radius 2 is 1.66 bits per heavy atom. The number of aromatic nitrogens is 1. The molecule has 8 nitrogen and oxygen atoms in total. The molecule has 0 unspecified atom stereocenters. The van der Waals surface area contributed by atoms with Crippen LogP contribution in [0.3, 0.4) is 0 Å². The van der Waals surface area contributed by atoms with Crippen molar-refractivity contribution >= 4 is 17.9 Å². The minimum absolute atomic E-state index is 0.329. The summed E-state index contributed by atoms with van der Waals surface area (Å²) in [6, 6.07) is 12.1. The Kier molecular flexibility index (Phi) is 8.87. The molecule has 0 spiro atoms. The zero-order chi connectivity index (χ0) is 23.7. The van der Waals surface area contributed by atoms with Gasteiger partial charge >= 0.3 is 6.09 Å². The Bertz CT molecular complexity index is 903. The molecule has 0 saturated carbocycles. The molecule has 8 heteroatoms. The van der Waals surface area contributed by atoms with Gasteiger partial charge in [-0.05, 0) is 38.0 Å². The number of hydrogen-bond donors (Lipinski definition) is 2. The molecule has 0 bridgehead atoms. The number of anilines is 1. The van der Waals surface area contributed by atoms with Crippen molar-refractivity contribution in [1.29, 1.82) is 0 Å². The van der Waals surface area contributed by atoms with E-state index in [4.69, 9.17) is 4.74 Å². The number of rotatable bonds is 7. The monoisotopic (exact) mass is 440 g/mol. The van der Waals surface area contributed by atoms with Gasteiger partial charge in [0.2, 0.25) is 0 Å². The first-order chi connectivity index (χ1) is 15.1. The number of ether oxygens (including phenoxy) is 1. The van der Waals surface area contributed by atoms with Crippen LogP contribution in [0.2, 0.25) is 0 Å². The minimum Gasteiger partial charge on any atom is -0.444 e. The molecule has 2 aromatic rings. The number of benzene rings is 1. The van der Waals surface area contributed by atoms with E-state index in [1.54, 1.807) is 25.2 Å². The number of hydrogen-bond acceptors (Lipinski definition) is 5. The van der Waals surface area contributed by atoms with Crippen LogP contribution in [0.5, 0.6) is 0 Å². The summed E-state index contributed by atoms with van der Waals surface area (Å²) in [4.78, 5) is 24.4. The van der Waals surface area contributed by atoms with Crippen molar-refractivity contribution in [2.24, 2.45) is 4.99 Å². The number of pyridine rings is 1. The summed E-state index contributed by atoms with van der Waals surface area (Å²) in [5.41, 5.74) is 2.75. The van der Waals surface area contributed by atoms with Gasteiger partial charge < -0.3 is 25.2 Å². The Morgan fingerprint density at radius 1 is 1.03 bits per heavy atom. The number of nitrogens with one attached hydrogen (secondary N) is 2. The molecule has 0 fully saturated rings. The number of nitrogens with zero attached hydrogens (tertiary/aromatic N) is 4. The minimum atomic E-state index is -0.501. The van der Waals surface area contributed by atoms with Crippen LogP contribution in [0.15, 0.2) is 47.6 Å². The molecule has 1 aromatic heterocycles. The van der Waals surface area contributed by atoms with E-state index in [0.717, 1.165) is 22.5 Å². The van der Waals surface area contributed by atoms with Crippen molar-refractivity contribution in [3.63, 3.8) is 0 Å². The van der Waals surface area contributed by atoms with Crippen LogP contribution < -0.4 is 15.5 Å². The Balaban J connectivity index is 1.86. The van der Waals surface area contributed by atoms with Gasteiger partial charge in [-0.1, -0.05) is 30.3 Å². The molecular formula is C24H36N6O2. The fourth-order valence-electron chi connectivity index (χ4n) is 3.00. The number of amides is 1. The van der Waals surface area contributed by atoms with Crippen molar-refractivity contribution in [3.05, 3.63) is 59.3 Å². The highest BCUT2D eigenvalue weighted by atomic mass is 16.6. The van der Waals surface area contributed by atoms with E-state index >= 15 is 0 Å². The highest BCUT2D eigenvalue weighted by Gasteiger charge is 2.19. The summed E-state index contributed by atoms with van der Waals surface area (Å²) in [7, 11) is 7.45. The van der Waals surface area contributed by atoms with Gasteiger partial charge in [-0.15, -0.1) is 0 Å². The maximum atomic E-state index is 12.1. The molecule has 1 heterocycles. The summed E-state index contributed by atoms with van der Waals surface area (Å²) in [5.74, 6) is 1.65. The van der Waals surface area contributed by atoms with Crippen LogP contribution in [0, 0.1) is 0 Å². The average molecular weight is 441 g/mol. The molecule has 0 saturated heterocycles. The predicted octanol–water partition coefficient (Wildman–Crippen LogP) is 3.38. The van der Waals surface area contributed by atoms with Crippen LogP contribution in [-0.2, 0) is 24.4 Å². The van der Waals surface area contributed by atoms with Crippen molar-refractivity contribution in [3.8, 4) is 0 Å². The van der Waals surface area contributed by atoms with E-state index in [9.17, 15) is 4.79 Å². The molecule has 0 aliphatic carbocycles. The maximum absolute atomic E-state index is 12.1. The topological polar surface area (TPSA) is 82.1 Å². The van der Waals surface area contributed by atoms with E-state index in [1.807, 2.05) is 70.1 Å². The van der Waals surface area contributed by atoms with Crippen molar-refractivity contribution in [2.45, 2.75) is 46.0 Å². The summed E-state index contributed by atoms with van der Waals surface area (Å²) >= 11 is 0. The zero-order valence-electron chi connectivity index (χ0n) is 20.3. The normalized spacial score (nSPS) is 11.7. The van der Waals surface area contributed by atoms with E-state index in [2.05, 4.69) is 26.7 Å². The van der Waals surface area contributed by atoms with Gasteiger partial charge in [-0.2, -0.15) is 0 Å². The smallest absolute Gasteiger partial charge is 0.410 e. The lowest BCUT2D eigenvalue weighted by Crippen LogP contribution is -2.36. The van der Waals surface area contributed by atoms with E-state index in [-0.39, 0.29) is 6.09 Å². The maximum Gasteiger partial charge on any atom is 0.410 e. The molecule has 2 N–H and O–H groups in total. The molecule has 0 atom stereocenters. The van der Waals surface area contributed by atoms with Gasteiger partial charge in [0.05, 0.1) is 0 Å². The zero-order valence-corrected chi connectivity index (χ0v) is 20.3. The third-order valence-electron chi connectivity index (χ3n) is 4.57. The summed E-state index contributed by atoms with van der Waals surface area (Å²) < 4.78 is 5.40. The first kappa shape index (κ1) is 25.0. The number of guanidine groups is 1. The summed E-state index contributed by atoms with van der Waals surface area (Å²) in [6.07, 6.45) is 1.46. The molecule has 2 rings (SSSR count).